The van der Waals surface area contributed by atoms with Crippen LogP contribution in [0.5, 0.6) is 0 Å². The van der Waals surface area contributed by atoms with Gasteiger partial charge < -0.3 is 15.3 Å². The van der Waals surface area contributed by atoms with Crippen molar-refractivity contribution in [2.24, 2.45) is 5.92 Å². The maximum Gasteiger partial charge on any atom is 0.236 e. The van der Waals surface area contributed by atoms with Crippen LogP contribution in [0.25, 0.3) is 0 Å². The molecule has 1 unspecified atom stereocenters. The van der Waals surface area contributed by atoms with E-state index in [0.29, 0.717) is 13.1 Å². The summed E-state index contributed by atoms with van der Waals surface area (Å²) in [7, 11) is 1.72. The van der Waals surface area contributed by atoms with Gasteiger partial charge in [0.2, 0.25) is 5.91 Å². The van der Waals surface area contributed by atoms with Crippen LogP contribution in [-0.4, -0.2) is 48.7 Å². The lowest BCUT2D eigenvalue weighted by atomic mass is 10.3. The number of nitrogens with zero attached hydrogens (tertiary/aromatic N) is 1. The van der Waals surface area contributed by atoms with Gasteiger partial charge in [0.15, 0.2) is 0 Å². The molecule has 2 N–H and O–H groups in total. The first-order valence-corrected chi connectivity index (χ1v) is 5.22. The number of aliphatic hydroxyl groups excluding tert-OH is 1. The number of hydrogen-bond acceptors (Lipinski definition) is 3. The second-order valence-corrected chi connectivity index (χ2v) is 4.20. The average Bonchev–Trinajstić information content (AvgIpc) is 2.86. The molecule has 82 valence electrons. The molecule has 1 rings (SSSR count). The second kappa shape index (κ2) is 5.32. The molecule has 0 heterocycles. The van der Waals surface area contributed by atoms with Crippen molar-refractivity contribution in [1.82, 2.24) is 10.2 Å². The summed E-state index contributed by atoms with van der Waals surface area (Å²) in [5.41, 5.74) is 0. The fraction of sp³-hybridized carbons (Fsp3) is 0.900. The Morgan fingerprint density at radius 3 is 2.79 bits per heavy atom. The number of rotatable bonds is 6. The predicted octanol–water partition coefficient (Wildman–Crippen LogP) is -0.175. The summed E-state index contributed by atoms with van der Waals surface area (Å²) in [5, 5.41) is 12.2. The van der Waals surface area contributed by atoms with E-state index in [0.717, 1.165) is 12.5 Å². The van der Waals surface area contributed by atoms with Gasteiger partial charge in [0.1, 0.15) is 0 Å². The van der Waals surface area contributed by atoms with Crippen molar-refractivity contribution in [2.75, 3.05) is 26.7 Å². The topological polar surface area (TPSA) is 52.6 Å². The number of carbonyl (C=O) groups excluding carboxylic acids is 1. The monoisotopic (exact) mass is 200 g/mol. The molecule has 0 radical (unpaired) electrons. The van der Waals surface area contributed by atoms with Gasteiger partial charge in [-0.3, -0.25) is 4.79 Å². The number of aliphatic hydroxyl groups is 1. The van der Waals surface area contributed by atoms with Crippen molar-refractivity contribution in [2.45, 2.75) is 25.9 Å². The Hall–Kier alpha value is -0.610. The van der Waals surface area contributed by atoms with Crippen LogP contribution >= 0.6 is 0 Å². The van der Waals surface area contributed by atoms with Crippen molar-refractivity contribution in [3.8, 4) is 0 Å². The lowest BCUT2D eigenvalue weighted by molar-refractivity contribution is -0.130. The van der Waals surface area contributed by atoms with Crippen molar-refractivity contribution < 1.29 is 9.90 Å². The van der Waals surface area contributed by atoms with Crippen molar-refractivity contribution in [3.05, 3.63) is 0 Å². The van der Waals surface area contributed by atoms with Crippen molar-refractivity contribution in [1.29, 1.82) is 0 Å². The number of hydrogen-bond donors (Lipinski definition) is 2. The molecule has 0 aliphatic heterocycles. The minimum Gasteiger partial charge on any atom is -0.392 e. The van der Waals surface area contributed by atoms with E-state index in [9.17, 15) is 4.79 Å². The molecule has 0 saturated heterocycles. The van der Waals surface area contributed by atoms with Gasteiger partial charge in [-0.2, -0.15) is 0 Å². The van der Waals surface area contributed by atoms with Crippen molar-refractivity contribution >= 4 is 5.91 Å². The fourth-order valence-corrected chi connectivity index (χ4v) is 1.34. The third-order valence-corrected chi connectivity index (χ3v) is 2.37. The molecule has 0 bridgehead atoms. The zero-order valence-electron chi connectivity index (χ0n) is 8.99. The molecule has 14 heavy (non-hydrogen) atoms. The summed E-state index contributed by atoms with van der Waals surface area (Å²) in [5.74, 6) is 0.844. The Morgan fingerprint density at radius 2 is 2.29 bits per heavy atom. The largest absolute Gasteiger partial charge is 0.392 e. The van der Waals surface area contributed by atoms with Crippen LogP contribution in [0.15, 0.2) is 0 Å². The van der Waals surface area contributed by atoms with Gasteiger partial charge in [-0.25, -0.2) is 0 Å². The quantitative estimate of drug-likeness (QED) is 0.625. The van der Waals surface area contributed by atoms with Gasteiger partial charge in [-0.05, 0) is 32.2 Å². The summed E-state index contributed by atoms with van der Waals surface area (Å²) >= 11 is 0. The highest BCUT2D eigenvalue weighted by Crippen LogP contribution is 2.27. The molecule has 1 amide bonds. The zero-order valence-corrected chi connectivity index (χ0v) is 8.99. The summed E-state index contributed by atoms with van der Waals surface area (Å²) in [6.07, 6.45) is 2.14. The first-order valence-electron chi connectivity index (χ1n) is 5.22. The van der Waals surface area contributed by atoms with Gasteiger partial charge in [0, 0.05) is 13.6 Å². The van der Waals surface area contributed by atoms with Gasteiger partial charge in [0.05, 0.1) is 12.6 Å². The molecule has 1 fully saturated rings. The minimum absolute atomic E-state index is 0.0477. The molecule has 0 aromatic heterocycles. The molecule has 1 aliphatic rings. The number of nitrogens with one attached hydrogen (secondary N) is 1. The van der Waals surface area contributed by atoms with Gasteiger partial charge in [-0.1, -0.05) is 0 Å². The van der Waals surface area contributed by atoms with E-state index >= 15 is 0 Å². The Morgan fingerprint density at radius 1 is 1.64 bits per heavy atom. The van der Waals surface area contributed by atoms with E-state index in [1.807, 2.05) is 0 Å². The molecule has 0 aromatic rings. The Labute approximate surface area is 85.3 Å². The van der Waals surface area contributed by atoms with E-state index < -0.39 is 6.10 Å². The lowest BCUT2D eigenvalue weighted by Crippen LogP contribution is -2.39. The molecular weight excluding hydrogens is 180 g/mol. The normalized spacial score (nSPS) is 17.9. The molecular formula is C10H20N2O2. The maximum absolute atomic E-state index is 11.4. The third-order valence-electron chi connectivity index (χ3n) is 2.37. The van der Waals surface area contributed by atoms with Crippen LogP contribution in [0.3, 0.4) is 0 Å². The number of likely N-dealkylation sites (N-methyl/N-ethyl adjacent to an activating group) is 1. The molecule has 1 aliphatic carbocycles. The highest BCUT2D eigenvalue weighted by atomic mass is 16.3. The van der Waals surface area contributed by atoms with Crippen LogP contribution in [0.4, 0.5) is 0 Å². The van der Waals surface area contributed by atoms with Crippen LogP contribution < -0.4 is 5.32 Å². The lowest BCUT2D eigenvalue weighted by Gasteiger charge is -2.18. The number of carbonyl (C=O) groups is 1. The maximum atomic E-state index is 11.4. The summed E-state index contributed by atoms with van der Waals surface area (Å²) in [4.78, 5) is 13.0. The van der Waals surface area contributed by atoms with E-state index in [1.165, 1.54) is 12.8 Å². The molecule has 1 saturated carbocycles. The van der Waals surface area contributed by atoms with E-state index in [2.05, 4.69) is 5.32 Å². The molecule has 1 atom stereocenters. The van der Waals surface area contributed by atoms with E-state index in [-0.39, 0.29) is 5.91 Å². The average molecular weight is 200 g/mol. The van der Waals surface area contributed by atoms with E-state index in [1.54, 1.807) is 18.9 Å². The molecule has 0 aromatic carbocycles. The summed E-state index contributed by atoms with van der Waals surface area (Å²) in [6, 6.07) is 0. The first kappa shape index (κ1) is 11.5. The van der Waals surface area contributed by atoms with Gasteiger partial charge in [0.25, 0.3) is 0 Å². The third kappa shape index (κ3) is 4.58. The Bertz CT molecular complexity index is 191. The van der Waals surface area contributed by atoms with Crippen LogP contribution in [0, 0.1) is 5.92 Å². The molecule has 4 heteroatoms. The standard InChI is InChI=1S/C10H20N2O2/c1-8(13)7-12(2)10(14)6-11-5-9-3-4-9/h8-9,11,13H,3-7H2,1-2H3. The summed E-state index contributed by atoms with van der Waals surface area (Å²) in [6.45, 7) is 3.43. The van der Waals surface area contributed by atoms with Gasteiger partial charge >= 0.3 is 0 Å². The fourth-order valence-electron chi connectivity index (χ4n) is 1.34. The van der Waals surface area contributed by atoms with Crippen LogP contribution in [-0.2, 0) is 4.79 Å². The van der Waals surface area contributed by atoms with Gasteiger partial charge in [-0.15, -0.1) is 0 Å². The smallest absolute Gasteiger partial charge is 0.236 e. The minimum atomic E-state index is -0.451. The zero-order chi connectivity index (χ0) is 10.6. The van der Waals surface area contributed by atoms with E-state index in [4.69, 9.17) is 5.11 Å². The summed E-state index contributed by atoms with van der Waals surface area (Å²) < 4.78 is 0. The SMILES string of the molecule is CC(O)CN(C)C(=O)CNCC1CC1. The second-order valence-electron chi connectivity index (χ2n) is 4.20. The number of amides is 1. The molecule has 0 spiro atoms. The highest BCUT2D eigenvalue weighted by Gasteiger charge is 2.21. The Balaban J connectivity index is 2.06. The van der Waals surface area contributed by atoms with Crippen molar-refractivity contribution in [3.63, 3.8) is 0 Å². The Kier molecular flexibility index (Phi) is 4.35. The van der Waals surface area contributed by atoms with Crippen LogP contribution in [0.2, 0.25) is 0 Å². The first-order chi connectivity index (χ1) is 6.59. The predicted molar refractivity (Wildman–Crippen MR) is 54.9 cm³/mol. The van der Waals surface area contributed by atoms with Crippen LogP contribution in [0.1, 0.15) is 19.8 Å². The molecule has 4 nitrogen and oxygen atoms in total. The highest BCUT2D eigenvalue weighted by molar-refractivity contribution is 5.77.